The van der Waals surface area contributed by atoms with Gasteiger partial charge in [0.15, 0.2) is 0 Å². The van der Waals surface area contributed by atoms with Crippen molar-refractivity contribution in [1.82, 2.24) is 14.5 Å². The van der Waals surface area contributed by atoms with Crippen molar-refractivity contribution >= 4 is 11.6 Å². The van der Waals surface area contributed by atoms with Crippen LogP contribution in [-0.4, -0.2) is 46.1 Å². The van der Waals surface area contributed by atoms with Crippen molar-refractivity contribution in [2.24, 2.45) is 0 Å². The summed E-state index contributed by atoms with van der Waals surface area (Å²) in [5.74, 6) is 0.974. The molecular formula is C23H26N4O2. The van der Waals surface area contributed by atoms with Crippen LogP contribution < -0.4 is 10.1 Å². The molecule has 1 N–H and O–H groups in total. The van der Waals surface area contributed by atoms with E-state index in [1.54, 1.807) is 12.5 Å². The molecule has 0 unspecified atom stereocenters. The summed E-state index contributed by atoms with van der Waals surface area (Å²) in [4.78, 5) is 18.6. The second-order valence-electron chi connectivity index (χ2n) is 7.42. The zero-order valence-electron chi connectivity index (χ0n) is 16.6. The van der Waals surface area contributed by atoms with Crippen molar-refractivity contribution in [3.05, 3.63) is 72.8 Å². The molecule has 1 aliphatic heterocycles. The summed E-state index contributed by atoms with van der Waals surface area (Å²) in [7, 11) is 0. The van der Waals surface area contributed by atoms with E-state index < -0.39 is 0 Å². The van der Waals surface area contributed by atoms with Crippen molar-refractivity contribution in [1.29, 1.82) is 0 Å². The fourth-order valence-electron chi connectivity index (χ4n) is 3.59. The van der Waals surface area contributed by atoms with E-state index in [1.165, 1.54) is 0 Å². The molecular weight excluding hydrogens is 364 g/mol. The molecule has 29 heavy (non-hydrogen) atoms. The van der Waals surface area contributed by atoms with E-state index in [0.29, 0.717) is 6.54 Å². The summed E-state index contributed by atoms with van der Waals surface area (Å²) in [6.07, 6.45) is 7.46. The number of carbonyl (C=O) groups is 1. The molecule has 0 atom stereocenters. The minimum absolute atomic E-state index is 0.0126. The van der Waals surface area contributed by atoms with E-state index in [-0.39, 0.29) is 12.0 Å². The number of nitrogens with zero attached hydrogens (tertiary/aromatic N) is 3. The second kappa shape index (κ2) is 8.92. The minimum Gasteiger partial charge on any atom is -0.490 e. The molecule has 1 aliphatic rings. The normalized spacial score (nSPS) is 15.2. The predicted octanol–water partition coefficient (Wildman–Crippen LogP) is 3.66. The first kappa shape index (κ1) is 19.2. The summed E-state index contributed by atoms with van der Waals surface area (Å²) >= 11 is 0. The van der Waals surface area contributed by atoms with Crippen LogP contribution in [0.15, 0.2) is 67.3 Å². The molecule has 1 saturated heterocycles. The van der Waals surface area contributed by atoms with Gasteiger partial charge in [0.2, 0.25) is 5.91 Å². The number of aromatic nitrogens is 2. The van der Waals surface area contributed by atoms with Gasteiger partial charge in [0, 0.05) is 36.9 Å². The molecule has 1 fully saturated rings. The lowest BCUT2D eigenvalue weighted by atomic mass is 10.1. The molecule has 0 spiro atoms. The summed E-state index contributed by atoms with van der Waals surface area (Å²) in [5.41, 5.74) is 2.97. The Kier molecular flexibility index (Phi) is 5.91. The number of anilines is 1. The van der Waals surface area contributed by atoms with E-state index >= 15 is 0 Å². The Labute approximate surface area is 171 Å². The molecule has 150 valence electrons. The average Bonchev–Trinajstić information content (AvgIpc) is 3.27. The quantitative estimate of drug-likeness (QED) is 0.698. The molecule has 2 aromatic carbocycles. The first-order chi connectivity index (χ1) is 14.2. The van der Waals surface area contributed by atoms with Gasteiger partial charge < -0.3 is 14.6 Å². The van der Waals surface area contributed by atoms with Crippen LogP contribution in [0, 0.1) is 6.92 Å². The lowest BCUT2D eigenvalue weighted by Crippen LogP contribution is -2.42. The van der Waals surface area contributed by atoms with Crippen LogP contribution in [0.5, 0.6) is 5.75 Å². The number of likely N-dealkylation sites (tertiary alicyclic amines) is 1. The molecule has 0 radical (unpaired) electrons. The standard InChI is InChI=1S/C23H26N4O2/c1-18-4-2-3-5-22(18)29-21-10-13-26(14-11-21)16-23(28)25-19-6-8-20(9-7-19)27-15-12-24-17-27/h2-9,12,15,17,21H,10-11,13-14,16H2,1H3,(H,25,28). The van der Waals surface area contributed by atoms with Gasteiger partial charge in [-0.25, -0.2) is 4.98 Å². The first-order valence-corrected chi connectivity index (χ1v) is 10.0. The van der Waals surface area contributed by atoms with Crippen molar-refractivity contribution in [3.63, 3.8) is 0 Å². The van der Waals surface area contributed by atoms with Crippen LogP contribution in [0.2, 0.25) is 0 Å². The molecule has 3 aromatic rings. The summed E-state index contributed by atoms with van der Waals surface area (Å²) in [6, 6.07) is 15.9. The van der Waals surface area contributed by atoms with Gasteiger partial charge >= 0.3 is 0 Å². The van der Waals surface area contributed by atoms with Crippen molar-refractivity contribution in [3.8, 4) is 11.4 Å². The van der Waals surface area contributed by atoms with Gasteiger partial charge in [-0.1, -0.05) is 18.2 Å². The maximum Gasteiger partial charge on any atom is 0.238 e. The minimum atomic E-state index is 0.0126. The molecule has 0 saturated carbocycles. The number of para-hydroxylation sites is 1. The Balaban J connectivity index is 1.23. The lowest BCUT2D eigenvalue weighted by molar-refractivity contribution is -0.117. The molecule has 0 aliphatic carbocycles. The highest BCUT2D eigenvalue weighted by Crippen LogP contribution is 2.22. The Bertz CT molecular complexity index is 930. The maximum absolute atomic E-state index is 12.4. The highest BCUT2D eigenvalue weighted by molar-refractivity contribution is 5.92. The number of amides is 1. The number of piperidine rings is 1. The molecule has 6 heteroatoms. The third-order valence-corrected chi connectivity index (χ3v) is 5.24. The lowest BCUT2D eigenvalue weighted by Gasteiger charge is -2.32. The van der Waals surface area contributed by atoms with Gasteiger partial charge in [-0.3, -0.25) is 9.69 Å². The monoisotopic (exact) mass is 390 g/mol. The largest absolute Gasteiger partial charge is 0.490 e. The van der Waals surface area contributed by atoms with E-state index in [9.17, 15) is 4.79 Å². The average molecular weight is 390 g/mol. The third-order valence-electron chi connectivity index (χ3n) is 5.24. The summed E-state index contributed by atoms with van der Waals surface area (Å²) in [6.45, 7) is 4.20. The maximum atomic E-state index is 12.4. The SMILES string of the molecule is Cc1ccccc1OC1CCN(CC(=O)Nc2ccc(-n3ccnc3)cc2)CC1. The Morgan fingerprint density at radius 2 is 1.90 bits per heavy atom. The molecule has 2 heterocycles. The van der Waals surface area contributed by atoms with Crippen LogP contribution >= 0.6 is 0 Å². The number of nitrogens with one attached hydrogen (secondary N) is 1. The van der Waals surface area contributed by atoms with Gasteiger partial charge in [0.1, 0.15) is 11.9 Å². The Hall–Kier alpha value is -3.12. The fourth-order valence-corrected chi connectivity index (χ4v) is 3.59. The van der Waals surface area contributed by atoms with Crippen molar-refractivity contribution in [2.45, 2.75) is 25.9 Å². The van der Waals surface area contributed by atoms with Crippen molar-refractivity contribution in [2.75, 3.05) is 25.0 Å². The van der Waals surface area contributed by atoms with E-state index in [2.05, 4.69) is 28.2 Å². The molecule has 0 bridgehead atoms. The summed E-state index contributed by atoms with van der Waals surface area (Å²) in [5, 5.41) is 2.98. The van der Waals surface area contributed by atoms with Crippen LogP contribution in [-0.2, 0) is 4.79 Å². The number of hydrogen-bond acceptors (Lipinski definition) is 4. The Morgan fingerprint density at radius 1 is 1.14 bits per heavy atom. The van der Waals surface area contributed by atoms with Gasteiger partial charge in [-0.05, 0) is 55.7 Å². The molecule has 1 aromatic heterocycles. The van der Waals surface area contributed by atoms with Crippen LogP contribution in [0.4, 0.5) is 5.69 Å². The van der Waals surface area contributed by atoms with Gasteiger partial charge in [0.25, 0.3) is 0 Å². The summed E-state index contributed by atoms with van der Waals surface area (Å²) < 4.78 is 8.07. The van der Waals surface area contributed by atoms with Gasteiger partial charge in [-0.15, -0.1) is 0 Å². The van der Waals surface area contributed by atoms with Crippen LogP contribution in [0.1, 0.15) is 18.4 Å². The second-order valence-corrected chi connectivity index (χ2v) is 7.42. The number of rotatable bonds is 6. The predicted molar refractivity (Wildman–Crippen MR) is 113 cm³/mol. The van der Waals surface area contributed by atoms with E-state index in [1.807, 2.05) is 53.2 Å². The number of carbonyl (C=O) groups excluding carboxylic acids is 1. The highest BCUT2D eigenvalue weighted by Gasteiger charge is 2.22. The zero-order valence-corrected chi connectivity index (χ0v) is 16.6. The first-order valence-electron chi connectivity index (χ1n) is 10.0. The fraction of sp³-hybridized carbons (Fsp3) is 0.304. The van der Waals surface area contributed by atoms with E-state index in [4.69, 9.17) is 4.74 Å². The molecule has 6 nitrogen and oxygen atoms in total. The number of hydrogen-bond donors (Lipinski definition) is 1. The molecule has 1 amide bonds. The number of imidazole rings is 1. The van der Waals surface area contributed by atoms with Gasteiger partial charge in [0.05, 0.1) is 12.9 Å². The third kappa shape index (κ3) is 5.03. The van der Waals surface area contributed by atoms with Crippen LogP contribution in [0.3, 0.4) is 0 Å². The number of ether oxygens (including phenoxy) is 1. The molecule has 4 rings (SSSR count). The zero-order chi connectivity index (χ0) is 20.1. The van der Waals surface area contributed by atoms with Gasteiger partial charge in [-0.2, -0.15) is 0 Å². The Morgan fingerprint density at radius 3 is 2.59 bits per heavy atom. The van der Waals surface area contributed by atoms with Crippen molar-refractivity contribution < 1.29 is 9.53 Å². The van der Waals surface area contributed by atoms with Crippen LogP contribution in [0.25, 0.3) is 5.69 Å². The van der Waals surface area contributed by atoms with E-state index in [0.717, 1.165) is 48.6 Å². The number of aryl methyl sites for hydroxylation is 1. The number of benzene rings is 2. The smallest absolute Gasteiger partial charge is 0.238 e. The highest BCUT2D eigenvalue weighted by atomic mass is 16.5. The topological polar surface area (TPSA) is 59.4 Å².